The van der Waals surface area contributed by atoms with Crippen molar-refractivity contribution in [2.24, 2.45) is 4.99 Å². The highest BCUT2D eigenvalue weighted by atomic mass is 35.5. The van der Waals surface area contributed by atoms with Gasteiger partial charge in [-0.2, -0.15) is 31.6 Å². The molecule has 0 aliphatic carbocycles. The van der Waals surface area contributed by atoms with E-state index in [0.717, 1.165) is 6.92 Å². The molecule has 1 heterocycles. The molecule has 0 amide bonds. The van der Waals surface area contributed by atoms with Crippen LogP contribution in [0.4, 0.5) is 32.2 Å². The highest BCUT2D eigenvalue weighted by molar-refractivity contribution is 7.92. The predicted molar refractivity (Wildman–Crippen MR) is 96.3 cm³/mol. The van der Waals surface area contributed by atoms with Crippen molar-refractivity contribution in [2.45, 2.75) is 29.6 Å². The summed E-state index contributed by atoms with van der Waals surface area (Å²) in [5.41, 5.74) is -8.63. The van der Waals surface area contributed by atoms with Crippen LogP contribution in [-0.4, -0.2) is 30.8 Å². The van der Waals surface area contributed by atoms with Gasteiger partial charge in [0, 0.05) is 10.6 Å². The number of sulfone groups is 1. The van der Waals surface area contributed by atoms with E-state index < -0.39 is 71.0 Å². The summed E-state index contributed by atoms with van der Waals surface area (Å²) in [7, 11) is -6.01. The third-order valence-corrected chi connectivity index (χ3v) is 5.99. The number of rotatable bonds is 5. The number of ether oxygens (including phenoxy) is 1. The van der Waals surface area contributed by atoms with Crippen LogP contribution in [0.3, 0.4) is 0 Å². The average molecular weight is 509 g/mol. The minimum Gasteiger partial charge on any atom is -0.468 e. The molecule has 1 unspecified atom stereocenters. The van der Waals surface area contributed by atoms with Gasteiger partial charge in [0.25, 0.3) is 15.7 Å². The molecule has 1 aromatic heterocycles. The van der Waals surface area contributed by atoms with Gasteiger partial charge < -0.3 is 4.74 Å². The van der Waals surface area contributed by atoms with Gasteiger partial charge in [-0.25, -0.2) is 13.4 Å². The smallest absolute Gasteiger partial charge is 0.468 e. The number of hydrogen-bond donors (Lipinski definition) is 1. The first-order valence-corrected chi connectivity index (χ1v) is 9.84. The van der Waals surface area contributed by atoms with Crippen molar-refractivity contribution < 1.29 is 39.5 Å². The number of alkyl halides is 6. The van der Waals surface area contributed by atoms with Gasteiger partial charge in [-0.15, -0.1) is 5.10 Å². The minimum atomic E-state index is -6.01. The second-order valence-electron chi connectivity index (χ2n) is 5.69. The highest BCUT2D eigenvalue weighted by Crippen LogP contribution is 2.44. The Hall–Kier alpha value is -2.50. The van der Waals surface area contributed by atoms with E-state index in [1.165, 1.54) is 6.07 Å². The van der Waals surface area contributed by atoms with Gasteiger partial charge in [-0.3, -0.25) is 5.10 Å². The number of halogens is 8. The Morgan fingerprint density at radius 2 is 1.87 bits per heavy atom. The van der Waals surface area contributed by atoms with E-state index in [-0.39, 0.29) is 0 Å². The standard InChI is InChI=1S/C15H8Cl2F6N4O3S/c1-5(9-8(16)3-7(14(18,19)20)6(4-24)10(9)17)30-13-11(12(25-2)26-27-13)31(28,29)15(21,22)23/h3,5H,2H2,1H3,(H,26,27). The third-order valence-electron chi connectivity index (χ3n) is 3.77. The summed E-state index contributed by atoms with van der Waals surface area (Å²) in [4.78, 5) is 1.61. The van der Waals surface area contributed by atoms with E-state index in [9.17, 15) is 34.8 Å². The third kappa shape index (κ3) is 4.43. The van der Waals surface area contributed by atoms with Crippen LogP contribution in [0, 0.1) is 11.3 Å². The Morgan fingerprint density at radius 1 is 1.29 bits per heavy atom. The van der Waals surface area contributed by atoms with Gasteiger partial charge in [0.15, 0.2) is 10.7 Å². The molecular weight excluding hydrogens is 501 g/mol. The fourth-order valence-corrected chi connectivity index (χ4v) is 4.14. The number of aromatic amines is 1. The first-order chi connectivity index (χ1) is 14.1. The van der Waals surface area contributed by atoms with Gasteiger partial charge in [0.1, 0.15) is 12.2 Å². The molecule has 0 fully saturated rings. The summed E-state index contributed by atoms with van der Waals surface area (Å²) in [6.07, 6.45) is -6.53. The summed E-state index contributed by atoms with van der Waals surface area (Å²) in [5, 5.41) is 12.8. The van der Waals surface area contributed by atoms with E-state index >= 15 is 0 Å². The van der Waals surface area contributed by atoms with Crippen molar-refractivity contribution in [1.29, 1.82) is 5.26 Å². The Labute approximate surface area is 180 Å². The van der Waals surface area contributed by atoms with E-state index in [1.807, 2.05) is 5.10 Å². The SMILES string of the molecule is C=Nc1[nH]nc(OC(C)c2c(Cl)cc(C(F)(F)F)c(C#N)c2Cl)c1S(=O)(=O)C(F)(F)F. The molecule has 168 valence electrons. The predicted octanol–water partition coefficient (Wildman–Crippen LogP) is 5.37. The number of nitrogens with zero attached hydrogens (tertiary/aromatic N) is 3. The largest absolute Gasteiger partial charge is 0.502 e. The Bertz CT molecular complexity index is 1190. The fraction of sp³-hybridized carbons (Fsp3) is 0.267. The molecule has 7 nitrogen and oxygen atoms in total. The molecular formula is C15H8Cl2F6N4O3S. The van der Waals surface area contributed by atoms with Crippen molar-refractivity contribution >= 4 is 45.6 Å². The Morgan fingerprint density at radius 3 is 2.32 bits per heavy atom. The first-order valence-electron chi connectivity index (χ1n) is 7.60. The van der Waals surface area contributed by atoms with Crippen LogP contribution in [0.1, 0.15) is 29.7 Å². The molecule has 2 rings (SSSR count). The second kappa shape index (κ2) is 8.21. The lowest BCUT2D eigenvalue weighted by atomic mass is 10.0. The fourth-order valence-electron chi connectivity index (χ4n) is 2.42. The number of aromatic nitrogens is 2. The van der Waals surface area contributed by atoms with Crippen LogP contribution in [0.25, 0.3) is 0 Å². The maximum Gasteiger partial charge on any atom is 0.502 e. The number of benzene rings is 1. The average Bonchev–Trinajstić information content (AvgIpc) is 3.02. The van der Waals surface area contributed by atoms with Crippen molar-refractivity contribution in [2.75, 3.05) is 0 Å². The molecule has 0 spiro atoms. The van der Waals surface area contributed by atoms with Gasteiger partial charge in [-0.1, -0.05) is 23.2 Å². The van der Waals surface area contributed by atoms with Crippen molar-refractivity contribution in [3.05, 3.63) is 32.8 Å². The molecule has 31 heavy (non-hydrogen) atoms. The molecule has 16 heteroatoms. The zero-order valence-electron chi connectivity index (χ0n) is 14.9. The number of nitrogens with one attached hydrogen (secondary N) is 1. The highest BCUT2D eigenvalue weighted by Gasteiger charge is 2.51. The van der Waals surface area contributed by atoms with Gasteiger partial charge in [-0.05, 0) is 19.7 Å². The second-order valence-corrected chi connectivity index (χ2v) is 8.36. The van der Waals surface area contributed by atoms with Crippen LogP contribution < -0.4 is 4.74 Å². The zero-order valence-corrected chi connectivity index (χ0v) is 17.2. The molecule has 1 atom stereocenters. The molecule has 1 aromatic carbocycles. The van der Waals surface area contributed by atoms with Crippen LogP contribution in [0.2, 0.25) is 10.0 Å². The molecule has 0 aliphatic rings. The van der Waals surface area contributed by atoms with Gasteiger partial charge in [0.05, 0.1) is 16.1 Å². The quantitative estimate of drug-likeness (QED) is 0.431. The summed E-state index contributed by atoms with van der Waals surface area (Å²) >= 11 is 11.7. The summed E-state index contributed by atoms with van der Waals surface area (Å²) in [6, 6.07) is 1.65. The summed E-state index contributed by atoms with van der Waals surface area (Å²) in [6.45, 7) is 4.01. The maximum absolute atomic E-state index is 13.1. The summed E-state index contributed by atoms with van der Waals surface area (Å²) < 4.78 is 107. The molecule has 0 saturated carbocycles. The molecule has 0 saturated heterocycles. The van der Waals surface area contributed by atoms with Crippen LogP contribution in [-0.2, 0) is 16.0 Å². The summed E-state index contributed by atoms with van der Waals surface area (Å²) in [5.74, 6) is -2.00. The van der Waals surface area contributed by atoms with Gasteiger partial charge >= 0.3 is 11.7 Å². The number of nitriles is 1. The normalized spacial score (nSPS) is 13.5. The van der Waals surface area contributed by atoms with Crippen molar-refractivity contribution in [3.8, 4) is 11.9 Å². The monoisotopic (exact) mass is 508 g/mol. The first kappa shape index (κ1) is 24.8. The van der Waals surface area contributed by atoms with E-state index in [2.05, 4.69) is 16.8 Å². The van der Waals surface area contributed by atoms with E-state index in [0.29, 0.717) is 6.07 Å². The molecule has 0 aliphatic heterocycles. The van der Waals surface area contributed by atoms with Crippen molar-refractivity contribution in [1.82, 2.24) is 10.2 Å². The Kier molecular flexibility index (Phi) is 6.56. The molecule has 2 aromatic rings. The lowest BCUT2D eigenvalue weighted by Crippen LogP contribution is -2.24. The number of aliphatic imine (C=N–C) groups is 1. The molecule has 0 bridgehead atoms. The van der Waals surface area contributed by atoms with Crippen molar-refractivity contribution in [3.63, 3.8) is 0 Å². The maximum atomic E-state index is 13.1. The van der Waals surface area contributed by atoms with Crippen LogP contribution in [0.5, 0.6) is 5.88 Å². The minimum absolute atomic E-state index is 0.385. The van der Waals surface area contributed by atoms with Gasteiger partial charge in [0.2, 0.25) is 0 Å². The number of H-pyrrole nitrogens is 1. The lowest BCUT2D eigenvalue weighted by Gasteiger charge is -2.20. The molecule has 0 radical (unpaired) electrons. The topological polar surface area (TPSA) is 108 Å². The zero-order chi connectivity index (χ0) is 23.9. The number of hydrogen-bond acceptors (Lipinski definition) is 6. The van der Waals surface area contributed by atoms with E-state index in [1.54, 1.807) is 0 Å². The van der Waals surface area contributed by atoms with Crippen LogP contribution in [0.15, 0.2) is 16.0 Å². The Balaban J connectivity index is 2.63. The lowest BCUT2D eigenvalue weighted by molar-refractivity contribution is -0.137. The van der Waals surface area contributed by atoms with Crippen LogP contribution >= 0.6 is 23.2 Å². The van der Waals surface area contributed by atoms with E-state index in [4.69, 9.17) is 33.2 Å². The molecule has 1 N–H and O–H groups in total.